The number of aromatic amines is 1. The van der Waals surface area contributed by atoms with Crippen LogP contribution in [0.3, 0.4) is 0 Å². The fourth-order valence-electron chi connectivity index (χ4n) is 10.0. The first-order valence-corrected chi connectivity index (χ1v) is 25.6. The predicted octanol–water partition coefficient (Wildman–Crippen LogP) is 6.03. The number of anilines is 4. The maximum Gasteiger partial charge on any atom is 0.327 e. The number of nitrogens with one attached hydrogen (secondary N) is 1. The summed E-state index contributed by atoms with van der Waals surface area (Å²) in [7, 11) is 9.77. The van der Waals surface area contributed by atoms with Gasteiger partial charge in [0, 0.05) is 78.8 Å². The quantitative estimate of drug-likeness (QED) is 0.0492. The Morgan fingerprint density at radius 2 is 1.29 bits per heavy atom. The number of aromatic nitrogens is 8. The number of methoxy groups -OCH3 is 1. The molecule has 72 heavy (non-hydrogen) atoms. The Bertz CT molecular complexity index is 2860. The molecule has 2 aliphatic rings. The second-order valence-electron chi connectivity index (χ2n) is 19.8. The molecule has 4 aromatic heterocycles. The Morgan fingerprint density at radius 3 is 1.88 bits per heavy atom. The van der Waals surface area contributed by atoms with Gasteiger partial charge in [-0.1, -0.05) is 51.0 Å². The van der Waals surface area contributed by atoms with Crippen LogP contribution in [-0.2, 0) is 48.7 Å². The lowest BCUT2D eigenvalue weighted by molar-refractivity contribution is -0.144. The number of esters is 1. The molecule has 2 fully saturated rings. The predicted molar refractivity (Wildman–Crippen MR) is 281 cm³/mol. The maximum absolute atomic E-state index is 13.4. The van der Waals surface area contributed by atoms with Crippen molar-refractivity contribution in [1.82, 2.24) is 48.8 Å². The second kappa shape index (κ2) is 23.7. The number of H-pyrrole nitrogens is 1. The van der Waals surface area contributed by atoms with Crippen LogP contribution in [0.1, 0.15) is 87.5 Å². The van der Waals surface area contributed by atoms with E-state index in [1.165, 1.54) is 11.1 Å². The Balaban J connectivity index is 0.855. The number of hydrogen-bond acceptors (Lipinski definition) is 17. The van der Waals surface area contributed by atoms with Crippen molar-refractivity contribution in [3.63, 3.8) is 0 Å². The number of carbonyl (C=O) groups is 1. The van der Waals surface area contributed by atoms with E-state index >= 15 is 0 Å². The third-order valence-corrected chi connectivity index (χ3v) is 13.7. The molecule has 388 valence electrons. The normalized spacial score (nSPS) is 16.6. The van der Waals surface area contributed by atoms with Gasteiger partial charge in [-0.15, -0.1) is 0 Å². The zero-order valence-corrected chi connectivity index (χ0v) is 43.3. The number of hydrogen-bond donors (Lipinski definition) is 3. The van der Waals surface area contributed by atoms with E-state index < -0.39 is 0 Å². The van der Waals surface area contributed by atoms with Gasteiger partial charge in [-0.2, -0.15) is 24.9 Å². The third-order valence-electron chi connectivity index (χ3n) is 13.7. The van der Waals surface area contributed by atoms with Crippen molar-refractivity contribution in [3.05, 3.63) is 69.1 Å². The van der Waals surface area contributed by atoms with E-state index in [0.29, 0.717) is 60.6 Å². The van der Waals surface area contributed by atoms with Crippen molar-refractivity contribution < 1.29 is 23.7 Å². The number of nitrogen functional groups attached to an aromatic ring is 2. The number of rotatable bonds is 23. The number of nitrogens with two attached hydrogens (primary N) is 2. The van der Waals surface area contributed by atoms with Crippen LogP contribution in [0.25, 0.3) is 22.3 Å². The lowest BCUT2D eigenvalue weighted by Crippen LogP contribution is -2.38. The SMILES string of the molecule is CCCCOc1nc(N)c2nc(OC)n(CC3CCCN(Cc4ccc(COC(=O)Cc5ccc(CN6CCCC(Cn7c(=O)[nH]c8c(N)nc(OCCCC)nc87)C6)c(N(C)C)c5)cc4N(C)C)C3)c2n1. The number of fused-ring (bicyclic) bond motifs is 2. The zero-order valence-electron chi connectivity index (χ0n) is 43.3. The Labute approximate surface area is 422 Å². The minimum atomic E-state index is -0.281. The minimum Gasteiger partial charge on any atom is -0.468 e. The fourth-order valence-corrected chi connectivity index (χ4v) is 10.0. The topological polar surface area (TPSA) is 226 Å². The van der Waals surface area contributed by atoms with Gasteiger partial charge in [-0.25, -0.2) is 4.79 Å². The summed E-state index contributed by atoms with van der Waals surface area (Å²) < 4.78 is 26.9. The monoisotopic (exact) mass is 991 g/mol. The highest BCUT2D eigenvalue weighted by atomic mass is 16.5. The van der Waals surface area contributed by atoms with E-state index in [1.54, 1.807) is 11.7 Å². The molecule has 20 nitrogen and oxygen atoms in total. The van der Waals surface area contributed by atoms with Crippen LogP contribution in [0.15, 0.2) is 41.2 Å². The number of nitrogens with zero attached hydrogens (tertiary/aromatic N) is 11. The van der Waals surface area contributed by atoms with Crippen LogP contribution in [0.5, 0.6) is 18.0 Å². The number of carbonyl (C=O) groups excluding carboxylic acids is 1. The van der Waals surface area contributed by atoms with Gasteiger partial charge in [0.2, 0.25) is 0 Å². The molecule has 6 aromatic rings. The number of likely N-dealkylation sites (tertiary alicyclic amines) is 2. The molecule has 0 bridgehead atoms. The molecule has 2 atom stereocenters. The summed E-state index contributed by atoms with van der Waals surface area (Å²) in [4.78, 5) is 61.1. The lowest BCUT2D eigenvalue weighted by atomic mass is 9.97. The van der Waals surface area contributed by atoms with Gasteiger partial charge in [-0.3, -0.25) is 23.7 Å². The number of imidazole rings is 2. The highest BCUT2D eigenvalue weighted by Gasteiger charge is 2.27. The van der Waals surface area contributed by atoms with Crippen LogP contribution in [-0.4, -0.2) is 130 Å². The van der Waals surface area contributed by atoms with Crippen molar-refractivity contribution in [1.29, 1.82) is 0 Å². The largest absolute Gasteiger partial charge is 0.468 e. The van der Waals surface area contributed by atoms with Gasteiger partial charge >= 0.3 is 23.7 Å². The van der Waals surface area contributed by atoms with E-state index in [-0.39, 0.29) is 54.3 Å². The van der Waals surface area contributed by atoms with Crippen molar-refractivity contribution >= 4 is 51.3 Å². The summed E-state index contributed by atoms with van der Waals surface area (Å²) in [5, 5.41) is 0. The summed E-state index contributed by atoms with van der Waals surface area (Å²) in [6.07, 6.45) is 8.05. The lowest BCUT2D eigenvalue weighted by Gasteiger charge is -2.34. The fraction of sp³-hybridized carbons (Fsp3) is 0.558. The maximum atomic E-state index is 13.4. The van der Waals surface area contributed by atoms with Gasteiger partial charge in [0.05, 0.1) is 26.7 Å². The zero-order chi connectivity index (χ0) is 50.9. The van der Waals surface area contributed by atoms with E-state index in [0.717, 1.165) is 113 Å². The van der Waals surface area contributed by atoms with Crippen molar-refractivity contribution in [2.45, 2.75) is 104 Å². The molecule has 0 amide bonds. The standard InChI is InChI=1S/C52H74N14O6/c1-8-10-22-70-49-57-45(53)43-47(59-49)65(51(68)55-43)29-36-14-12-20-63(27-36)31-38-18-16-34(24-40(38)61(3)4)26-42(67)72-33-35-17-19-39(41(25-35)62(5)6)32-64-21-13-15-37(28-64)30-66-48-44(56-52(66)69-7)46(54)58-50(60-48)71-23-11-9-2/h16-19,24-25,36-37H,8-15,20-23,26-33H2,1-7H3,(H,55,68)(H2,53,57,59)(H2,54,58,60). The smallest absolute Gasteiger partial charge is 0.327 e. The van der Waals surface area contributed by atoms with Gasteiger partial charge in [-0.05, 0) is 97.8 Å². The van der Waals surface area contributed by atoms with E-state index in [9.17, 15) is 9.59 Å². The average Bonchev–Trinajstić information content (AvgIpc) is 3.87. The molecular formula is C52H74N14O6. The molecule has 8 rings (SSSR count). The van der Waals surface area contributed by atoms with E-state index in [2.05, 4.69) is 88.7 Å². The molecule has 20 heteroatoms. The molecule has 0 radical (unpaired) electrons. The van der Waals surface area contributed by atoms with Crippen LogP contribution in [0.2, 0.25) is 0 Å². The molecule has 2 aromatic carbocycles. The van der Waals surface area contributed by atoms with Crippen molar-refractivity contribution in [3.8, 4) is 18.0 Å². The second-order valence-corrected chi connectivity index (χ2v) is 19.8. The number of unbranched alkanes of at least 4 members (excludes halogenated alkanes) is 2. The number of ether oxygens (including phenoxy) is 4. The van der Waals surface area contributed by atoms with Gasteiger partial charge in [0.25, 0.3) is 6.01 Å². The summed E-state index contributed by atoms with van der Waals surface area (Å²) in [5.41, 5.74) is 20.7. The number of piperidine rings is 2. The highest BCUT2D eigenvalue weighted by Crippen LogP contribution is 2.32. The van der Waals surface area contributed by atoms with Gasteiger partial charge in [0.1, 0.15) is 12.1 Å². The Hall–Kier alpha value is -6.67. The van der Waals surface area contributed by atoms with Gasteiger partial charge < -0.3 is 45.2 Å². The first-order chi connectivity index (χ1) is 34.8. The number of benzene rings is 2. The molecule has 2 unspecified atom stereocenters. The molecule has 2 aliphatic heterocycles. The highest BCUT2D eigenvalue weighted by molar-refractivity contribution is 5.83. The van der Waals surface area contributed by atoms with Crippen molar-refractivity contribution in [2.75, 3.05) is 96.0 Å². The summed E-state index contributed by atoms with van der Waals surface area (Å²) in [5.74, 6) is 0.765. The first kappa shape index (κ1) is 51.7. The van der Waals surface area contributed by atoms with Crippen LogP contribution < -0.4 is 41.2 Å². The van der Waals surface area contributed by atoms with Crippen molar-refractivity contribution in [2.24, 2.45) is 11.8 Å². The molecule has 0 spiro atoms. The van der Waals surface area contributed by atoms with Crippen LogP contribution in [0, 0.1) is 11.8 Å². The van der Waals surface area contributed by atoms with Gasteiger partial charge in [0.15, 0.2) is 28.4 Å². The third kappa shape index (κ3) is 12.5. The summed E-state index contributed by atoms with van der Waals surface area (Å²) in [6, 6.07) is 13.5. The summed E-state index contributed by atoms with van der Waals surface area (Å²) >= 11 is 0. The Morgan fingerprint density at radius 1 is 0.736 bits per heavy atom. The Kier molecular flexibility index (Phi) is 17.0. The molecule has 6 heterocycles. The first-order valence-electron chi connectivity index (χ1n) is 25.6. The van der Waals surface area contributed by atoms with E-state index in [4.69, 9.17) is 35.4 Å². The minimum absolute atomic E-state index is 0.162. The molecular weight excluding hydrogens is 917 g/mol. The molecule has 0 saturated carbocycles. The van der Waals surface area contributed by atoms with Crippen LogP contribution >= 0.6 is 0 Å². The average molecular weight is 991 g/mol. The molecule has 0 aliphatic carbocycles. The molecule has 5 N–H and O–H groups in total. The molecule has 2 saturated heterocycles. The summed E-state index contributed by atoms with van der Waals surface area (Å²) in [6.45, 7) is 11.7. The van der Waals surface area contributed by atoms with E-state index in [1.807, 2.05) is 38.8 Å². The van der Waals surface area contributed by atoms with Crippen LogP contribution in [0.4, 0.5) is 23.0 Å².